The van der Waals surface area contributed by atoms with Gasteiger partial charge in [0.05, 0.1) is 17.9 Å². The van der Waals surface area contributed by atoms with Gasteiger partial charge in [0.2, 0.25) is 0 Å². The van der Waals surface area contributed by atoms with E-state index in [-0.39, 0.29) is 24.2 Å². The Morgan fingerprint density at radius 3 is 2.63 bits per heavy atom. The fraction of sp³-hybridized carbons (Fsp3) is 0.364. The molecule has 0 spiro atoms. The van der Waals surface area contributed by atoms with Crippen molar-refractivity contribution in [2.75, 3.05) is 33.4 Å². The molecule has 0 radical (unpaired) electrons. The van der Waals surface area contributed by atoms with Crippen LogP contribution in [-0.2, 0) is 11.3 Å². The number of carbonyl (C=O) groups is 1. The molecule has 0 bridgehead atoms. The molecule has 1 amide bonds. The van der Waals surface area contributed by atoms with Gasteiger partial charge in [0.15, 0.2) is 5.88 Å². The Balaban J connectivity index is 0.00000320. The minimum atomic E-state index is -0.182. The third-order valence-electron chi connectivity index (χ3n) is 5.01. The summed E-state index contributed by atoms with van der Waals surface area (Å²) in [5.74, 6) is -0.140. The van der Waals surface area contributed by atoms with Crippen molar-refractivity contribution in [3.05, 3.63) is 47.7 Å². The molecule has 0 aliphatic heterocycles. The van der Waals surface area contributed by atoms with E-state index < -0.39 is 0 Å². The number of nitrogens with one attached hydrogen (secondary N) is 2. The maximum atomic E-state index is 12.4. The number of halogens is 1. The molecule has 162 valence electrons. The highest BCUT2D eigenvalue weighted by Crippen LogP contribution is 2.36. The van der Waals surface area contributed by atoms with Crippen LogP contribution in [-0.4, -0.2) is 59.2 Å². The normalized spacial score (nSPS) is 10.9. The highest BCUT2D eigenvalue weighted by atomic mass is 35.5. The van der Waals surface area contributed by atoms with Crippen LogP contribution in [0.1, 0.15) is 29.8 Å². The average molecular weight is 433 g/mol. The number of nitrogens with zero attached hydrogens (tertiary/aromatic N) is 2. The predicted molar refractivity (Wildman–Crippen MR) is 121 cm³/mol. The highest BCUT2D eigenvalue weighted by Gasteiger charge is 2.16. The fourth-order valence-corrected chi connectivity index (χ4v) is 3.32. The molecule has 2 heterocycles. The second-order valence-corrected chi connectivity index (χ2v) is 6.87. The third kappa shape index (κ3) is 5.30. The molecule has 0 fully saturated rings. The number of aromatic amines is 1. The molecule has 0 saturated carbocycles. The third-order valence-corrected chi connectivity index (χ3v) is 5.01. The van der Waals surface area contributed by atoms with E-state index in [1.165, 1.54) is 0 Å². The quantitative estimate of drug-likeness (QED) is 0.449. The molecule has 3 N–H and O–H groups in total. The van der Waals surface area contributed by atoms with Gasteiger partial charge in [-0.1, -0.05) is 19.9 Å². The lowest BCUT2D eigenvalue weighted by atomic mass is 10.1. The molecule has 1 aromatic carbocycles. The van der Waals surface area contributed by atoms with Crippen LogP contribution in [0.3, 0.4) is 0 Å². The number of aromatic hydroxyl groups is 1. The van der Waals surface area contributed by atoms with E-state index in [2.05, 4.69) is 34.0 Å². The molecule has 0 atom stereocenters. The van der Waals surface area contributed by atoms with E-state index in [9.17, 15) is 9.90 Å². The van der Waals surface area contributed by atoms with Gasteiger partial charge in [-0.15, -0.1) is 12.4 Å². The van der Waals surface area contributed by atoms with Crippen molar-refractivity contribution in [1.82, 2.24) is 20.2 Å². The molecule has 0 saturated heterocycles. The molecule has 0 unspecified atom stereocenters. The van der Waals surface area contributed by atoms with Crippen molar-refractivity contribution in [2.45, 2.75) is 20.4 Å². The summed E-state index contributed by atoms with van der Waals surface area (Å²) in [6.45, 7) is 7.97. The lowest BCUT2D eigenvalue weighted by Crippen LogP contribution is -2.26. The molecule has 7 nitrogen and oxygen atoms in total. The van der Waals surface area contributed by atoms with E-state index in [4.69, 9.17) is 4.74 Å². The number of ether oxygens (including phenoxy) is 1. The first-order valence-corrected chi connectivity index (χ1v) is 9.86. The standard InChI is InChI=1S/C22H28N4O3.ClH/c1-4-26(5-2)14-15-6-8-19(24-13-15)20-17-12-16(21(27)23-10-11-29-3)7-9-18(17)25-22(20)28;/h6-9,12-13,25,28H,4-5,10-11,14H2,1-3H3,(H,23,27);1H. The Morgan fingerprint density at radius 1 is 1.23 bits per heavy atom. The van der Waals surface area contributed by atoms with Crippen molar-refractivity contribution < 1.29 is 14.6 Å². The summed E-state index contributed by atoms with van der Waals surface area (Å²) in [5, 5.41) is 14.0. The summed E-state index contributed by atoms with van der Waals surface area (Å²) in [4.78, 5) is 22.2. The lowest BCUT2D eigenvalue weighted by molar-refractivity contribution is 0.0937. The van der Waals surface area contributed by atoms with Crippen LogP contribution in [0.5, 0.6) is 5.88 Å². The van der Waals surface area contributed by atoms with Crippen molar-refractivity contribution >= 4 is 29.2 Å². The van der Waals surface area contributed by atoms with Gasteiger partial charge in [-0.3, -0.25) is 14.7 Å². The average Bonchev–Trinajstić information content (AvgIpc) is 3.07. The van der Waals surface area contributed by atoms with Crippen LogP contribution < -0.4 is 5.32 Å². The summed E-state index contributed by atoms with van der Waals surface area (Å²) in [7, 11) is 1.59. The van der Waals surface area contributed by atoms with Gasteiger partial charge in [0.1, 0.15) is 0 Å². The Hall–Kier alpha value is -2.61. The van der Waals surface area contributed by atoms with Gasteiger partial charge in [-0.2, -0.15) is 0 Å². The summed E-state index contributed by atoms with van der Waals surface area (Å²) in [6.07, 6.45) is 1.84. The lowest BCUT2D eigenvalue weighted by Gasteiger charge is -2.17. The fourth-order valence-electron chi connectivity index (χ4n) is 3.32. The zero-order valence-corrected chi connectivity index (χ0v) is 18.4. The number of aromatic nitrogens is 2. The van der Waals surface area contributed by atoms with Crippen molar-refractivity contribution in [2.24, 2.45) is 0 Å². The number of rotatable bonds is 9. The minimum absolute atomic E-state index is 0. The molecule has 3 rings (SSSR count). The Morgan fingerprint density at radius 2 is 2.00 bits per heavy atom. The SMILES string of the molecule is CCN(CC)Cc1ccc(-c2c(O)[nH]c3ccc(C(=O)NCCOC)cc23)nc1.Cl. The smallest absolute Gasteiger partial charge is 0.251 e. The Kier molecular flexibility index (Phi) is 8.65. The Bertz CT molecular complexity index is 968. The zero-order valence-electron chi connectivity index (χ0n) is 17.6. The molecule has 30 heavy (non-hydrogen) atoms. The van der Waals surface area contributed by atoms with Crippen LogP contribution in [0, 0.1) is 0 Å². The first-order chi connectivity index (χ1) is 14.1. The van der Waals surface area contributed by atoms with E-state index in [0.717, 1.165) is 36.1 Å². The minimum Gasteiger partial charge on any atom is -0.494 e. The number of amides is 1. The number of carbonyl (C=O) groups excluding carboxylic acids is 1. The van der Waals surface area contributed by atoms with E-state index in [0.29, 0.717) is 30.0 Å². The maximum Gasteiger partial charge on any atom is 0.251 e. The van der Waals surface area contributed by atoms with E-state index in [1.807, 2.05) is 18.3 Å². The number of benzene rings is 1. The van der Waals surface area contributed by atoms with Gasteiger partial charge in [0.25, 0.3) is 5.91 Å². The van der Waals surface area contributed by atoms with Crippen LogP contribution in [0.2, 0.25) is 0 Å². The monoisotopic (exact) mass is 432 g/mol. The first kappa shape index (κ1) is 23.7. The molecule has 2 aromatic heterocycles. The van der Waals surface area contributed by atoms with Gasteiger partial charge < -0.3 is 20.1 Å². The first-order valence-electron chi connectivity index (χ1n) is 9.86. The second kappa shape index (κ2) is 11.0. The molecule has 8 heteroatoms. The molecule has 0 aliphatic rings. The Labute approximate surface area is 182 Å². The second-order valence-electron chi connectivity index (χ2n) is 6.87. The number of H-pyrrole nitrogens is 1. The van der Waals surface area contributed by atoms with Crippen molar-refractivity contribution in [3.8, 4) is 17.1 Å². The van der Waals surface area contributed by atoms with Crippen LogP contribution in [0.4, 0.5) is 0 Å². The highest BCUT2D eigenvalue weighted by molar-refractivity contribution is 6.03. The van der Waals surface area contributed by atoms with Crippen LogP contribution >= 0.6 is 12.4 Å². The molecular weight excluding hydrogens is 404 g/mol. The van der Waals surface area contributed by atoms with Crippen molar-refractivity contribution in [3.63, 3.8) is 0 Å². The summed E-state index contributed by atoms with van der Waals surface area (Å²) in [5.41, 5.74) is 3.65. The topological polar surface area (TPSA) is 90.5 Å². The number of pyridine rings is 1. The summed E-state index contributed by atoms with van der Waals surface area (Å²) in [6, 6.07) is 9.23. The molecule has 0 aliphatic carbocycles. The number of hydrogen-bond donors (Lipinski definition) is 3. The predicted octanol–water partition coefficient (Wildman–Crippen LogP) is 3.58. The van der Waals surface area contributed by atoms with Crippen LogP contribution in [0.15, 0.2) is 36.5 Å². The summed E-state index contributed by atoms with van der Waals surface area (Å²) >= 11 is 0. The van der Waals surface area contributed by atoms with Crippen LogP contribution in [0.25, 0.3) is 22.2 Å². The number of fused-ring (bicyclic) bond motifs is 1. The molecule has 3 aromatic rings. The maximum absolute atomic E-state index is 12.4. The van der Waals surface area contributed by atoms with E-state index >= 15 is 0 Å². The van der Waals surface area contributed by atoms with E-state index in [1.54, 1.807) is 25.3 Å². The number of hydrogen-bond acceptors (Lipinski definition) is 5. The van der Waals surface area contributed by atoms with Gasteiger partial charge in [0, 0.05) is 42.9 Å². The van der Waals surface area contributed by atoms with Gasteiger partial charge >= 0.3 is 0 Å². The van der Waals surface area contributed by atoms with Gasteiger partial charge in [-0.25, -0.2) is 0 Å². The summed E-state index contributed by atoms with van der Waals surface area (Å²) < 4.78 is 4.96. The number of methoxy groups -OCH3 is 1. The van der Waals surface area contributed by atoms with Gasteiger partial charge in [-0.05, 0) is 42.9 Å². The van der Waals surface area contributed by atoms with Crippen molar-refractivity contribution in [1.29, 1.82) is 0 Å². The molecular formula is C22H29ClN4O3. The largest absolute Gasteiger partial charge is 0.494 e. The zero-order chi connectivity index (χ0) is 20.8.